The molecule has 2 unspecified atom stereocenters. The maximum atomic E-state index is 15.1. The molecule has 0 spiro atoms. The zero-order valence-electron chi connectivity index (χ0n) is 30.6. The van der Waals surface area contributed by atoms with E-state index in [1.807, 2.05) is 75.0 Å². The number of rotatable bonds is 11. The molecule has 0 saturated carbocycles. The predicted molar refractivity (Wildman–Crippen MR) is 188 cm³/mol. The molecule has 3 aromatic rings. The molecule has 270 valence electrons. The van der Waals surface area contributed by atoms with Crippen LogP contribution in [0.25, 0.3) is 11.3 Å². The number of halogens is 4. The fraction of sp³-hybridized carbons (Fsp3) is 0.611. The summed E-state index contributed by atoms with van der Waals surface area (Å²) in [5.41, 5.74) is 2.02. The molecule has 1 saturated heterocycles. The second kappa shape index (κ2) is 16.6. The summed E-state index contributed by atoms with van der Waals surface area (Å²) in [7, 11) is 0.794. The molecule has 0 aliphatic carbocycles. The maximum Gasteiger partial charge on any atom is 0.320 e. The highest BCUT2D eigenvalue weighted by Crippen LogP contribution is 2.39. The molecule has 8 nitrogen and oxygen atoms in total. The number of nitrogens with zero attached hydrogens (tertiary/aromatic N) is 6. The van der Waals surface area contributed by atoms with Crippen LogP contribution in [-0.2, 0) is 6.54 Å². The molecule has 0 aromatic carbocycles. The first-order valence-electron chi connectivity index (χ1n) is 16.8. The van der Waals surface area contributed by atoms with Crippen molar-refractivity contribution in [2.75, 3.05) is 19.8 Å². The monoisotopic (exact) mass is 706 g/mol. The minimum Gasteiger partial charge on any atom is -0.471 e. The van der Waals surface area contributed by atoms with Gasteiger partial charge in [0.15, 0.2) is 0 Å². The largest absolute Gasteiger partial charge is 0.471 e. The van der Waals surface area contributed by atoms with E-state index < -0.39 is 35.4 Å². The second-order valence-corrected chi connectivity index (χ2v) is 14.8. The van der Waals surface area contributed by atoms with Crippen LogP contribution in [0.5, 0.6) is 11.9 Å². The smallest absolute Gasteiger partial charge is 0.320 e. The Labute approximate surface area is 290 Å². The van der Waals surface area contributed by atoms with Gasteiger partial charge in [-0.05, 0) is 90.6 Å². The van der Waals surface area contributed by atoms with Crippen LogP contribution in [0.15, 0.2) is 30.6 Å². The van der Waals surface area contributed by atoms with Crippen LogP contribution in [0, 0.1) is 12.8 Å². The van der Waals surface area contributed by atoms with Crippen LogP contribution in [-0.4, -0.2) is 78.6 Å². The summed E-state index contributed by atoms with van der Waals surface area (Å²) < 4.78 is 69.8. The maximum absolute atomic E-state index is 15.1. The quantitative estimate of drug-likeness (QED) is 0.144. The second-order valence-electron chi connectivity index (χ2n) is 13.9. The summed E-state index contributed by atoms with van der Waals surface area (Å²) in [6.07, 6.45) is 0.595. The SMILES string of the molecule is CC.CCC(C(=PC)c1cc(-c2cnc(OC(C)(C)C)nc2OC(C)(C)C)nnc1C)C(c1ccnc(CN2CCC(F)(F)C2)c1)C(F)F. The van der Waals surface area contributed by atoms with Crippen molar-refractivity contribution in [2.24, 2.45) is 5.92 Å². The fourth-order valence-electron chi connectivity index (χ4n) is 5.68. The number of ether oxygens (including phenoxy) is 2. The molecule has 0 radical (unpaired) electrons. The van der Waals surface area contributed by atoms with Crippen LogP contribution in [0.2, 0.25) is 0 Å². The van der Waals surface area contributed by atoms with E-state index in [0.717, 1.165) is 13.5 Å². The lowest BCUT2D eigenvalue weighted by Crippen LogP contribution is -2.28. The van der Waals surface area contributed by atoms with Gasteiger partial charge in [-0.1, -0.05) is 20.8 Å². The van der Waals surface area contributed by atoms with Gasteiger partial charge in [-0.2, -0.15) is 10.1 Å². The van der Waals surface area contributed by atoms with Crippen molar-refractivity contribution in [2.45, 2.75) is 118 Å². The van der Waals surface area contributed by atoms with Crippen LogP contribution in [0.3, 0.4) is 0 Å². The van der Waals surface area contributed by atoms with Gasteiger partial charge < -0.3 is 9.47 Å². The summed E-state index contributed by atoms with van der Waals surface area (Å²) in [5.74, 6) is -4.20. The molecule has 0 amide bonds. The van der Waals surface area contributed by atoms with Crippen molar-refractivity contribution in [3.63, 3.8) is 0 Å². The molecule has 49 heavy (non-hydrogen) atoms. The molecule has 13 heteroatoms. The summed E-state index contributed by atoms with van der Waals surface area (Å²) >= 11 is 0. The molecule has 2 atom stereocenters. The van der Waals surface area contributed by atoms with Gasteiger partial charge >= 0.3 is 6.01 Å². The lowest BCUT2D eigenvalue weighted by molar-refractivity contribution is 0.0114. The Morgan fingerprint density at radius 3 is 2.24 bits per heavy atom. The zero-order chi connectivity index (χ0) is 36.7. The number of alkyl halides is 4. The third kappa shape index (κ3) is 11.1. The van der Waals surface area contributed by atoms with E-state index in [9.17, 15) is 8.78 Å². The Hall–Kier alpha value is -3.24. The van der Waals surface area contributed by atoms with Crippen molar-refractivity contribution >= 4 is 13.5 Å². The summed E-state index contributed by atoms with van der Waals surface area (Å²) in [5, 5.41) is 9.66. The van der Waals surface area contributed by atoms with Crippen LogP contribution in [0.1, 0.15) is 104 Å². The van der Waals surface area contributed by atoms with E-state index in [1.165, 1.54) is 6.20 Å². The topological polar surface area (TPSA) is 86.2 Å². The van der Waals surface area contributed by atoms with Crippen LogP contribution >= 0.6 is 8.20 Å². The number of hydrogen-bond acceptors (Lipinski definition) is 8. The van der Waals surface area contributed by atoms with Gasteiger partial charge in [-0.3, -0.25) is 9.88 Å². The van der Waals surface area contributed by atoms with E-state index in [0.29, 0.717) is 40.2 Å². The normalized spacial score (nSPS) is 16.6. The molecule has 1 aliphatic heterocycles. The van der Waals surface area contributed by atoms with Crippen LogP contribution in [0.4, 0.5) is 17.6 Å². The first-order valence-corrected chi connectivity index (χ1v) is 18.1. The fourth-order valence-corrected chi connectivity index (χ4v) is 6.82. The van der Waals surface area contributed by atoms with E-state index in [4.69, 9.17) is 9.47 Å². The highest BCUT2D eigenvalue weighted by molar-refractivity contribution is 7.40. The molecule has 1 aliphatic rings. The lowest BCUT2D eigenvalue weighted by Gasteiger charge is -2.29. The Kier molecular flexibility index (Phi) is 13.7. The first kappa shape index (κ1) is 40.2. The molecule has 4 rings (SSSR count). The van der Waals surface area contributed by atoms with Crippen molar-refractivity contribution in [3.05, 3.63) is 53.1 Å². The van der Waals surface area contributed by atoms with E-state index in [-0.39, 0.29) is 37.9 Å². The van der Waals surface area contributed by atoms with Crippen LogP contribution < -0.4 is 9.47 Å². The first-order chi connectivity index (χ1) is 22.9. The number of likely N-dealkylation sites (tertiary alicyclic amines) is 1. The Morgan fingerprint density at radius 2 is 1.69 bits per heavy atom. The summed E-state index contributed by atoms with van der Waals surface area (Å²) in [6.45, 7) is 21.1. The molecule has 0 N–H and O–H groups in total. The van der Waals surface area contributed by atoms with Crippen molar-refractivity contribution in [1.82, 2.24) is 30.0 Å². The minimum atomic E-state index is -2.75. The van der Waals surface area contributed by atoms with Crippen molar-refractivity contribution in [3.8, 4) is 23.1 Å². The zero-order valence-corrected chi connectivity index (χ0v) is 31.5. The number of pyridine rings is 1. The average molecular weight is 707 g/mol. The summed E-state index contributed by atoms with van der Waals surface area (Å²) in [6, 6.07) is 5.23. The summed E-state index contributed by atoms with van der Waals surface area (Å²) in [4.78, 5) is 14.9. The minimum absolute atomic E-state index is 0.154. The highest BCUT2D eigenvalue weighted by Gasteiger charge is 2.39. The number of aromatic nitrogens is 5. The standard InChI is InChI=1S/C34H45F4N6O2P.C2H6/c1-10-23(27(29(35)36)21-11-13-39-22(15-21)18-44-14-12-34(37,38)19-44)28(47-9)24-16-26(43-42-20(24)2)25-17-40-31(46-33(6,7)8)41-30(25)45-32(3,4)5;1-2/h11,13,15-17,23,27,29H,10,12,14,18-19H2,1-9H3;1-2H3. The molecule has 4 heterocycles. The molecule has 0 bridgehead atoms. The van der Waals surface area contributed by atoms with Gasteiger partial charge in [0.2, 0.25) is 12.3 Å². The van der Waals surface area contributed by atoms with E-state index in [2.05, 4.69) is 25.1 Å². The van der Waals surface area contributed by atoms with Gasteiger partial charge in [-0.25, -0.2) is 22.5 Å². The highest BCUT2D eigenvalue weighted by atomic mass is 31.1. The average Bonchev–Trinajstić information content (AvgIpc) is 3.35. The molecular weight excluding hydrogens is 655 g/mol. The Morgan fingerprint density at radius 1 is 1.02 bits per heavy atom. The lowest BCUT2D eigenvalue weighted by atomic mass is 9.80. The Balaban J connectivity index is 0.00000319. The Bertz CT molecular complexity index is 1580. The van der Waals surface area contributed by atoms with Gasteiger partial charge in [0.1, 0.15) is 16.9 Å². The molecule has 1 fully saturated rings. The number of hydrogen-bond donors (Lipinski definition) is 0. The van der Waals surface area contributed by atoms with Gasteiger partial charge in [-0.15, -0.1) is 13.3 Å². The third-order valence-electron chi connectivity index (χ3n) is 7.66. The third-order valence-corrected chi connectivity index (χ3v) is 8.71. The van der Waals surface area contributed by atoms with Crippen molar-refractivity contribution in [1.29, 1.82) is 0 Å². The van der Waals surface area contributed by atoms with Crippen molar-refractivity contribution < 1.29 is 27.0 Å². The molecule has 3 aromatic heterocycles. The van der Waals surface area contributed by atoms with Gasteiger partial charge in [0, 0.05) is 43.4 Å². The molecular formula is C36H51F4N6O2P. The van der Waals surface area contributed by atoms with Gasteiger partial charge in [0.25, 0.3) is 5.92 Å². The van der Waals surface area contributed by atoms with E-state index in [1.54, 1.807) is 30.2 Å². The number of aryl methyl sites for hydroxylation is 1. The van der Waals surface area contributed by atoms with Gasteiger partial charge in [0.05, 0.1) is 29.4 Å². The predicted octanol–water partition coefficient (Wildman–Crippen LogP) is 9.03. The van der Waals surface area contributed by atoms with E-state index >= 15 is 8.78 Å².